The van der Waals surface area contributed by atoms with Crippen molar-refractivity contribution in [3.8, 4) is 11.1 Å². The number of nitrogens with zero attached hydrogens (tertiary/aromatic N) is 4. The number of amides is 1. The van der Waals surface area contributed by atoms with Crippen LogP contribution < -0.4 is 5.32 Å². The van der Waals surface area contributed by atoms with E-state index in [1.165, 1.54) is 5.56 Å². The second-order valence-electron chi connectivity index (χ2n) is 6.76. The van der Waals surface area contributed by atoms with E-state index in [0.29, 0.717) is 44.5 Å². The maximum absolute atomic E-state index is 12.7. The molecule has 1 N–H and O–H groups in total. The number of aromatic nitrogens is 3. The van der Waals surface area contributed by atoms with Gasteiger partial charge in [-0.3, -0.25) is 4.79 Å². The van der Waals surface area contributed by atoms with Gasteiger partial charge in [0.05, 0.1) is 13.2 Å². The summed E-state index contributed by atoms with van der Waals surface area (Å²) in [4.78, 5) is 23.4. The summed E-state index contributed by atoms with van der Waals surface area (Å²) >= 11 is 0. The number of carbonyl (C=O) groups excluding carboxylic acids is 1. The van der Waals surface area contributed by atoms with Crippen molar-refractivity contribution in [1.82, 2.24) is 19.4 Å². The molecule has 0 aliphatic carbocycles. The Hall–Kier alpha value is -3.19. The van der Waals surface area contributed by atoms with E-state index in [-0.39, 0.29) is 5.91 Å². The molecule has 3 heterocycles. The lowest BCUT2D eigenvalue weighted by Crippen LogP contribution is -2.41. The summed E-state index contributed by atoms with van der Waals surface area (Å²) in [5, 5.41) is 3.22. The van der Waals surface area contributed by atoms with E-state index in [4.69, 9.17) is 4.74 Å². The van der Waals surface area contributed by atoms with Gasteiger partial charge in [0, 0.05) is 56.4 Å². The quantitative estimate of drug-likeness (QED) is 0.740. The molecule has 1 aliphatic heterocycles. The van der Waals surface area contributed by atoms with Crippen LogP contribution in [0.3, 0.4) is 0 Å². The van der Waals surface area contributed by atoms with E-state index >= 15 is 0 Å². The molecule has 0 unspecified atom stereocenters. The third-order valence-corrected chi connectivity index (χ3v) is 4.80. The molecular formula is C21H23N5O2. The lowest BCUT2D eigenvalue weighted by molar-refractivity contribution is 0.0296. The molecular weight excluding hydrogens is 354 g/mol. The lowest BCUT2D eigenvalue weighted by Gasteiger charge is -2.26. The molecule has 4 rings (SSSR count). The lowest BCUT2D eigenvalue weighted by atomic mass is 10.2. The van der Waals surface area contributed by atoms with Crippen LogP contribution in [0.25, 0.3) is 11.1 Å². The first-order valence-corrected chi connectivity index (χ1v) is 9.34. The monoisotopic (exact) mass is 377 g/mol. The number of anilines is 1. The van der Waals surface area contributed by atoms with Crippen LogP contribution in [0, 0.1) is 0 Å². The number of carbonyl (C=O) groups is 1. The van der Waals surface area contributed by atoms with Crippen LogP contribution in [-0.4, -0.2) is 51.6 Å². The van der Waals surface area contributed by atoms with Crippen LogP contribution in [0.5, 0.6) is 0 Å². The zero-order valence-electron chi connectivity index (χ0n) is 15.8. The number of hydrogen-bond acceptors (Lipinski definition) is 5. The Bertz CT molecular complexity index is 931. The van der Waals surface area contributed by atoms with Gasteiger partial charge in [-0.15, -0.1) is 0 Å². The van der Waals surface area contributed by atoms with E-state index < -0.39 is 0 Å². The van der Waals surface area contributed by atoms with Crippen LogP contribution in [0.4, 0.5) is 5.95 Å². The average molecular weight is 377 g/mol. The molecule has 28 heavy (non-hydrogen) atoms. The summed E-state index contributed by atoms with van der Waals surface area (Å²) in [5.41, 5.74) is 3.63. The van der Waals surface area contributed by atoms with Crippen molar-refractivity contribution in [2.24, 2.45) is 7.05 Å². The van der Waals surface area contributed by atoms with Crippen LogP contribution in [0.2, 0.25) is 0 Å². The van der Waals surface area contributed by atoms with Crippen molar-refractivity contribution in [2.45, 2.75) is 6.54 Å². The van der Waals surface area contributed by atoms with Crippen LogP contribution >= 0.6 is 0 Å². The van der Waals surface area contributed by atoms with Gasteiger partial charge < -0.3 is 19.5 Å². The maximum Gasteiger partial charge on any atom is 0.270 e. The maximum atomic E-state index is 12.7. The van der Waals surface area contributed by atoms with E-state index in [9.17, 15) is 4.79 Å². The Morgan fingerprint density at radius 3 is 2.54 bits per heavy atom. The molecule has 7 nitrogen and oxygen atoms in total. The van der Waals surface area contributed by atoms with Crippen molar-refractivity contribution in [3.05, 3.63) is 66.2 Å². The molecule has 0 atom stereocenters. The van der Waals surface area contributed by atoms with Crippen LogP contribution in [0.15, 0.2) is 55.0 Å². The van der Waals surface area contributed by atoms with Crippen molar-refractivity contribution in [2.75, 3.05) is 31.6 Å². The molecule has 0 radical (unpaired) electrons. The fourth-order valence-corrected chi connectivity index (χ4v) is 3.21. The molecule has 3 aromatic rings. The smallest absolute Gasteiger partial charge is 0.270 e. The molecule has 0 spiro atoms. The number of ether oxygens (including phenoxy) is 1. The second kappa shape index (κ2) is 8.22. The number of morpholine rings is 1. The van der Waals surface area contributed by atoms with E-state index in [1.807, 2.05) is 47.0 Å². The minimum atomic E-state index is 0.0270. The normalized spacial score (nSPS) is 14.1. The molecule has 144 valence electrons. The summed E-state index contributed by atoms with van der Waals surface area (Å²) in [7, 11) is 1.88. The van der Waals surface area contributed by atoms with Gasteiger partial charge in [0.25, 0.3) is 5.91 Å². The highest BCUT2D eigenvalue weighted by molar-refractivity contribution is 5.94. The minimum absolute atomic E-state index is 0.0270. The third kappa shape index (κ3) is 4.04. The van der Waals surface area contributed by atoms with Crippen LogP contribution in [0.1, 0.15) is 16.1 Å². The summed E-state index contributed by atoms with van der Waals surface area (Å²) in [6.45, 7) is 3.11. The molecule has 7 heteroatoms. The van der Waals surface area contributed by atoms with Gasteiger partial charge in [-0.2, -0.15) is 0 Å². The average Bonchev–Trinajstić information content (AvgIpc) is 3.15. The Labute approximate surface area is 164 Å². The van der Waals surface area contributed by atoms with E-state index in [1.54, 1.807) is 12.4 Å². The van der Waals surface area contributed by atoms with E-state index in [2.05, 4.69) is 27.4 Å². The number of nitrogens with one attached hydrogen (secondary N) is 1. The Kier molecular flexibility index (Phi) is 5.34. The van der Waals surface area contributed by atoms with Crippen molar-refractivity contribution < 1.29 is 9.53 Å². The van der Waals surface area contributed by atoms with E-state index in [0.717, 1.165) is 11.1 Å². The molecule has 1 amide bonds. The Morgan fingerprint density at radius 1 is 1.11 bits per heavy atom. The summed E-state index contributed by atoms with van der Waals surface area (Å²) in [6, 6.07) is 12.0. The number of hydrogen-bond donors (Lipinski definition) is 1. The van der Waals surface area contributed by atoms with Gasteiger partial charge in [0.2, 0.25) is 5.95 Å². The first kappa shape index (κ1) is 18.2. The van der Waals surface area contributed by atoms with Gasteiger partial charge >= 0.3 is 0 Å². The number of rotatable bonds is 5. The van der Waals surface area contributed by atoms with Gasteiger partial charge in [0.15, 0.2) is 0 Å². The first-order chi connectivity index (χ1) is 13.7. The highest BCUT2D eigenvalue weighted by Gasteiger charge is 2.21. The predicted molar refractivity (Wildman–Crippen MR) is 107 cm³/mol. The predicted octanol–water partition coefficient (Wildman–Crippen LogP) is 2.57. The Morgan fingerprint density at radius 2 is 1.82 bits per heavy atom. The minimum Gasteiger partial charge on any atom is -0.378 e. The number of aryl methyl sites for hydroxylation is 1. The van der Waals surface area contributed by atoms with Crippen LogP contribution in [-0.2, 0) is 18.3 Å². The first-order valence-electron chi connectivity index (χ1n) is 9.34. The molecule has 1 aromatic carbocycles. The van der Waals surface area contributed by atoms with Gasteiger partial charge in [0.1, 0.15) is 5.69 Å². The van der Waals surface area contributed by atoms with Crippen molar-refractivity contribution >= 4 is 11.9 Å². The summed E-state index contributed by atoms with van der Waals surface area (Å²) in [5.74, 6) is 0.604. The molecule has 0 bridgehead atoms. The topological polar surface area (TPSA) is 72.3 Å². The molecule has 0 saturated carbocycles. The zero-order chi connectivity index (χ0) is 19.3. The third-order valence-electron chi connectivity index (χ3n) is 4.80. The van der Waals surface area contributed by atoms with Crippen molar-refractivity contribution in [1.29, 1.82) is 0 Å². The Balaban J connectivity index is 1.45. The van der Waals surface area contributed by atoms with Gasteiger partial charge in [-0.1, -0.05) is 30.3 Å². The molecule has 2 aromatic heterocycles. The molecule has 1 aliphatic rings. The van der Waals surface area contributed by atoms with Gasteiger partial charge in [-0.25, -0.2) is 9.97 Å². The second-order valence-corrected chi connectivity index (χ2v) is 6.76. The standard InChI is InChI=1S/C21H23N5O2/c1-25-15-17(11-19(25)20(27)26-7-9-28-10-8-26)18-13-23-21(24-14-18)22-12-16-5-3-2-4-6-16/h2-6,11,13-15H,7-10,12H2,1H3,(H,22,23,24). The SMILES string of the molecule is Cn1cc(-c2cnc(NCc3ccccc3)nc2)cc1C(=O)N1CCOCC1. The highest BCUT2D eigenvalue weighted by atomic mass is 16.5. The largest absolute Gasteiger partial charge is 0.378 e. The zero-order valence-corrected chi connectivity index (χ0v) is 15.8. The van der Waals surface area contributed by atoms with Crippen molar-refractivity contribution in [3.63, 3.8) is 0 Å². The number of benzene rings is 1. The summed E-state index contributed by atoms with van der Waals surface area (Å²) in [6.07, 6.45) is 5.49. The fourth-order valence-electron chi connectivity index (χ4n) is 3.21. The molecule has 1 fully saturated rings. The van der Waals surface area contributed by atoms with Gasteiger partial charge in [-0.05, 0) is 11.6 Å². The molecule has 1 saturated heterocycles. The summed E-state index contributed by atoms with van der Waals surface area (Å²) < 4.78 is 7.18. The fraction of sp³-hybridized carbons (Fsp3) is 0.286. The highest BCUT2D eigenvalue weighted by Crippen LogP contribution is 2.22.